The van der Waals surface area contributed by atoms with Gasteiger partial charge in [-0.3, -0.25) is 0 Å². The Morgan fingerprint density at radius 3 is 2.74 bits per heavy atom. The van der Waals surface area contributed by atoms with Crippen LogP contribution >= 0.6 is 11.6 Å². The second-order valence-electron chi connectivity index (χ2n) is 6.40. The first kappa shape index (κ1) is 14.4. The molecule has 0 aromatic carbocycles. The van der Waals surface area contributed by atoms with E-state index < -0.39 is 0 Å². The number of rotatable bonds is 1. The molecule has 1 aliphatic rings. The molecule has 0 amide bonds. The number of hydrogen-bond donors (Lipinski definition) is 1. The van der Waals surface area contributed by atoms with Gasteiger partial charge in [-0.25, -0.2) is 4.98 Å². The molecule has 1 saturated heterocycles. The van der Waals surface area contributed by atoms with Gasteiger partial charge in [0.25, 0.3) is 0 Å². The highest BCUT2D eigenvalue weighted by Gasteiger charge is 2.27. The van der Waals surface area contributed by atoms with Gasteiger partial charge in [0.15, 0.2) is 5.82 Å². The number of aromatic nitrogens is 2. The van der Waals surface area contributed by atoms with E-state index in [0.717, 1.165) is 24.8 Å². The molecule has 0 spiro atoms. The highest BCUT2D eigenvalue weighted by molar-refractivity contribution is 6.28. The summed E-state index contributed by atoms with van der Waals surface area (Å²) < 4.78 is 0. The van der Waals surface area contributed by atoms with E-state index in [1.807, 2.05) is 0 Å². The Morgan fingerprint density at radius 1 is 1.32 bits per heavy atom. The van der Waals surface area contributed by atoms with E-state index in [4.69, 9.17) is 17.3 Å². The van der Waals surface area contributed by atoms with E-state index in [1.54, 1.807) is 6.20 Å². The maximum Gasteiger partial charge on any atom is 0.224 e. The summed E-state index contributed by atoms with van der Waals surface area (Å²) in [6, 6.07) is 0. The lowest BCUT2D eigenvalue weighted by Crippen LogP contribution is -2.27. The van der Waals surface area contributed by atoms with Gasteiger partial charge in [0.2, 0.25) is 5.28 Å². The molecular formula is C14H23ClN4. The molecule has 0 saturated carbocycles. The normalized spacial score (nSPS) is 21.3. The predicted octanol–water partition coefficient (Wildman–Crippen LogP) is 3.36. The summed E-state index contributed by atoms with van der Waals surface area (Å²) in [6.45, 7) is 8.94. The van der Waals surface area contributed by atoms with Gasteiger partial charge in [0, 0.05) is 13.1 Å². The molecule has 106 valence electrons. The maximum atomic E-state index is 5.97. The second-order valence-corrected chi connectivity index (χ2v) is 6.74. The molecule has 0 aliphatic carbocycles. The Bertz CT molecular complexity index is 442. The van der Waals surface area contributed by atoms with Crippen LogP contribution in [0.4, 0.5) is 11.5 Å². The lowest BCUT2D eigenvalue weighted by Gasteiger charge is -2.30. The van der Waals surface area contributed by atoms with Gasteiger partial charge < -0.3 is 10.6 Å². The zero-order valence-corrected chi connectivity index (χ0v) is 12.7. The summed E-state index contributed by atoms with van der Waals surface area (Å²) >= 11 is 5.87. The minimum atomic E-state index is 0.265. The van der Waals surface area contributed by atoms with E-state index in [9.17, 15) is 0 Å². The van der Waals surface area contributed by atoms with Crippen LogP contribution in [0.25, 0.3) is 0 Å². The Hall–Kier alpha value is -1.03. The van der Waals surface area contributed by atoms with Crippen LogP contribution in [0, 0.1) is 11.3 Å². The molecule has 1 fully saturated rings. The maximum absolute atomic E-state index is 5.97. The van der Waals surface area contributed by atoms with Crippen molar-refractivity contribution >= 4 is 23.1 Å². The van der Waals surface area contributed by atoms with Gasteiger partial charge in [-0.05, 0) is 42.2 Å². The number of hydrogen-bond acceptors (Lipinski definition) is 4. The third kappa shape index (κ3) is 3.50. The van der Waals surface area contributed by atoms with Crippen molar-refractivity contribution in [3.63, 3.8) is 0 Å². The Morgan fingerprint density at radius 2 is 2.05 bits per heavy atom. The minimum Gasteiger partial charge on any atom is -0.394 e. The summed E-state index contributed by atoms with van der Waals surface area (Å²) in [5.74, 6) is 1.53. The molecule has 1 aromatic rings. The Balaban J connectivity index is 2.13. The van der Waals surface area contributed by atoms with Crippen molar-refractivity contribution < 1.29 is 0 Å². The van der Waals surface area contributed by atoms with E-state index in [0.29, 0.717) is 11.1 Å². The van der Waals surface area contributed by atoms with Crippen molar-refractivity contribution in [3.8, 4) is 0 Å². The molecule has 1 aliphatic heterocycles. The number of nitrogen functional groups attached to an aromatic ring is 1. The first-order valence-electron chi connectivity index (χ1n) is 6.91. The number of nitrogens with zero attached hydrogens (tertiary/aromatic N) is 3. The van der Waals surface area contributed by atoms with Crippen LogP contribution in [-0.2, 0) is 0 Å². The number of anilines is 2. The van der Waals surface area contributed by atoms with Crippen LogP contribution in [0.15, 0.2) is 6.20 Å². The molecule has 2 heterocycles. The number of nitrogens with two attached hydrogens (primary N) is 1. The van der Waals surface area contributed by atoms with Crippen LogP contribution in [0.5, 0.6) is 0 Å². The highest BCUT2D eigenvalue weighted by atomic mass is 35.5. The van der Waals surface area contributed by atoms with Crippen molar-refractivity contribution in [3.05, 3.63) is 11.5 Å². The summed E-state index contributed by atoms with van der Waals surface area (Å²) in [5.41, 5.74) is 6.94. The third-order valence-electron chi connectivity index (χ3n) is 4.02. The molecule has 4 nitrogen and oxygen atoms in total. The molecule has 5 heteroatoms. The molecular weight excluding hydrogens is 260 g/mol. The van der Waals surface area contributed by atoms with E-state index >= 15 is 0 Å². The van der Waals surface area contributed by atoms with Crippen LogP contribution in [-0.4, -0.2) is 23.1 Å². The van der Waals surface area contributed by atoms with Crippen molar-refractivity contribution in [2.24, 2.45) is 11.3 Å². The molecule has 0 radical (unpaired) electrons. The summed E-state index contributed by atoms with van der Waals surface area (Å²) in [4.78, 5) is 10.4. The smallest absolute Gasteiger partial charge is 0.224 e. The monoisotopic (exact) mass is 282 g/mol. The van der Waals surface area contributed by atoms with E-state index in [1.165, 1.54) is 19.3 Å². The lowest BCUT2D eigenvalue weighted by molar-refractivity contribution is 0.220. The van der Waals surface area contributed by atoms with E-state index in [-0.39, 0.29) is 5.28 Å². The quantitative estimate of drug-likeness (QED) is 0.803. The van der Waals surface area contributed by atoms with Gasteiger partial charge in [-0.1, -0.05) is 20.8 Å². The minimum absolute atomic E-state index is 0.265. The average Bonchev–Trinajstić information content (AvgIpc) is 2.57. The van der Waals surface area contributed by atoms with Gasteiger partial charge in [0.1, 0.15) is 0 Å². The molecule has 0 bridgehead atoms. The van der Waals surface area contributed by atoms with Crippen molar-refractivity contribution in [1.29, 1.82) is 0 Å². The third-order valence-corrected chi connectivity index (χ3v) is 4.20. The summed E-state index contributed by atoms with van der Waals surface area (Å²) in [5, 5.41) is 0.265. The van der Waals surface area contributed by atoms with Gasteiger partial charge in [-0.15, -0.1) is 0 Å². The fourth-order valence-corrected chi connectivity index (χ4v) is 2.92. The average molecular weight is 283 g/mol. The van der Waals surface area contributed by atoms with Crippen molar-refractivity contribution in [1.82, 2.24) is 9.97 Å². The fraction of sp³-hybridized carbons (Fsp3) is 0.714. The Labute approximate surface area is 120 Å². The van der Waals surface area contributed by atoms with Gasteiger partial charge in [-0.2, -0.15) is 4.98 Å². The van der Waals surface area contributed by atoms with Crippen molar-refractivity contribution in [2.45, 2.75) is 40.0 Å². The molecule has 1 atom stereocenters. The highest BCUT2D eigenvalue weighted by Crippen LogP contribution is 2.35. The lowest BCUT2D eigenvalue weighted by atomic mass is 9.77. The van der Waals surface area contributed by atoms with E-state index in [2.05, 4.69) is 35.6 Å². The van der Waals surface area contributed by atoms with Crippen molar-refractivity contribution in [2.75, 3.05) is 23.7 Å². The largest absolute Gasteiger partial charge is 0.394 e. The summed E-state index contributed by atoms with van der Waals surface area (Å²) in [6.07, 6.45) is 5.20. The Kier molecular flexibility index (Phi) is 4.19. The topological polar surface area (TPSA) is 55.0 Å². The van der Waals surface area contributed by atoms with Crippen LogP contribution in [0.2, 0.25) is 5.28 Å². The fourth-order valence-electron chi connectivity index (χ4n) is 2.79. The van der Waals surface area contributed by atoms with Gasteiger partial charge in [0.05, 0.1) is 11.9 Å². The molecule has 1 unspecified atom stereocenters. The first-order valence-corrected chi connectivity index (χ1v) is 7.28. The molecule has 2 rings (SSSR count). The second kappa shape index (κ2) is 5.53. The molecule has 19 heavy (non-hydrogen) atoms. The molecule has 2 N–H and O–H groups in total. The first-order chi connectivity index (χ1) is 8.88. The zero-order valence-electron chi connectivity index (χ0n) is 12.0. The van der Waals surface area contributed by atoms with Crippen LogP contribution in [0.3, 0.4) is 0 Å². The SMILES string of the molecule is CC(C)(C)C1CCCN(c2nc(Cl)ncc2N)CC1. The standard InChI is InChI=1S/C14H23ClN4/c1-14(2,3)10-5-4-7-19(8-6-10)12-11(16)9-17-13(15)18-12/h9-10H,4-8,16H2,1-3H3. The zero-order chi connectivity index (χ0) is 14.0. The van der Waals surface area contributed by atoms with Crippen LogP contribution in [0.1, 0.15) is 40.0 Å². The predicted molar refractivity (Wildman–Crippen MR) is 80.5 cm³/mol. The van der Waals surface area contributed by atoms with Gasteiger partial charge >= 0.3 is 0 Å². The van der Waals surface area contributed by atoms with Crippen LogP contribution < -0.4 is 10.6 Å². The summed E-state index contributed by atoms with van der Waals surface area (Å²) in [7, 11) is 0. The number of halogens is 1. The molecule has 1 aromatic heterocycles.